The van der Waals surface area contributed by atoms with Gasteiger partial charge in [-0.2, -0.15) is 0 Å². The van der Waals surface area contributed by atoms with Gasteiger partial charge < -0.3 is 5.32 Å². The summed E-state index contributed by atoms with van der Waals surface area (Å²) in [6.45, 7) is 6.17. The highest BCUT2D eigenvalue weighted by atomic mass is 16.1. The van der Waals surface area contributed by atoms with E-state index in [1.807, 2.05) is 56.4 Å². The lowest BCUT2D eigenvalue weighted by Gasteiger charge is -2.11. The van der Waals surface area contributed by atoms with Gasteiger partial charge in [-0.3, -0.25) is 9.79 Å². The van der Waals surface area contributed by atoms with E-state index in [4.69, 9.17) is 4.99 Å². The van der Waals surface area contributed by atoms with Crippen molar-refractivity contribution in [2.75, 3.05) is 11.9 Å². The van der Waals surface area contributed by atoms with Crippen molar-refractivity contribution >= 4 is 28.7 Å². The number of aryl methyl sites for hydroxylation is 1. The number of hydrogen-bond donors (Lipinski definition) is 1. The molecule has 0 heterocycles. The molecule has 0 saturated carbocycles. The molecule has 4 nitrogen and oxygen atoms in total. The first-order valence-electron chi connectivity index (χ1n) is 6.97. The van der Waals surface area contributed by atoms with Gasteiger partial charge in [-0.15, -0.1) is 0 Å². The number of amides is 1. The molecule has 0 atom stereocenters. The molecule has 4 heteroatoms. The largest absolute Gasteiger partial charge is 0.324 e. The van der Waals surface area contributed by atoms with Gasteiger partial charge in [0.15, 0.2) is 0 Å². The first kappa shape index (κ1) is 14.9. The number of carbonyl (C=O) groups is 1. The van der Waals surface area contributed by atoms with Gasteiger partial charge in [-0.25, -0.2) is 4.99 Å². The number of benzene rings is 1. The molecule has 1 aromatic carbocycles. The topological polar surface area (TPSA) is 53.8 Å². The van der Waals surface area contributed by atoms with Crippen molar-refractivity contribution in [1.82, 2.24) is 0 Å². The minimum Gasteiger partial charge on any atom is -0.324 e. The Morgan fingerprint density at radius 3 is 2.57 bits per heavy atom. The molecule has 0 aromatic heterocycles. The Balaban J connectivity index is 2.48. The van der Waals surface area contributed by atoms with Crippen molar-refractivity contribution in [3.63, 3.8) is 0 Å². The summed E-state index contributed by atoms with van der Waals surface area (Å²) in [5.41, 5.74) is 4.16. The number of hydrogen-bond acceptors (Lipinski definition) is 3. The Morgan fingerprint density at radius 1 is 1.19 bits per heavy atom. The summed E-state index contributed by atoms with van der Waals surface area (Å²) in [7, 11) is 0. The van der Waals surface area contributed by atoms with Crippen LogP contribution in [-0.2, 0) is 4.79 Å². The number of rotatable bonds is 3. The summed E-state index contributed by atoms with van der Waals surface area (Å²) >= 11 is 0. The summed E-state index contributed by atoms with van der Waals surface area (Å²) < 4.78 is 0. The number of allylic oxidation sites excluding steroid dienone is 4. The van der Waals surface area contributed by atoms with Gasteiger partial charge in [0.05, 0.1) is 22.8 Å². The van der Waals surface area contributed by atoms with E-state index in [0.717, 1.165) is 22.7 Å². The highest BCUT2D eigenvalue weighted by Gasteiger charge is 2.10. The summed E-state index contributed by atoms with van der Waals surface area (Å²) in [5, 5.41) is 2.82. The average molecular weight is 281 g/mol. The van der Waals surface area contributed by atoms with E-state index < -0.39 is 0 Å². The molecule has 0 spiro atoms. The molecule has 0 radical (unpaired) electrons. The van der Waals surface area contributed by atoms with Gasteiger partial charge in [0.1, 0.15) is 0 Å². The number of carbonyl (C=O) groups excluding carboxylic acids is 1. The van der Waals surface area contributed by atoms with Gasteiger partial charge in [0, 0.05) is 13.5 Å². The van der Waals surface area contributed by atoms with Crippen LogP contribution in [0.5, 0.6) is 0 Å². The minimum absolute atomic E-state index is 0.108. The van der Waals surface area contributed by atoms with E-state index in [1.165, 1.54) is 6.92 Å². The molecule has 0 unspecified atom stereocenters. The lowest BCUT2D eigenvalue weighted by Crippen LogP contribution is -2.12. The molecule has 1 aliphatic carbocycles. The van der Waals surface area contributed by atoms with Crippen molar-refractivity contribution in [2.24, 2.45) is 9.98 Å². The van der Waals surface area contributed by atoms with Crippen LogP contribution in [-0.4, -0.2) is 23.9 Å². The maximum Gasteiger partial charge on any atom is 0.221 e. The SMILES string of the molecule is CCN=C1C=CC=CC1=Nc1c(C)cccc1NC(C)=O. The normalized spacial score (nSPS) is 17.5. The van der Waals surface area contributed by atoms with Crippen LogP contribution in [0.15, 0.2) is 52.5 Å². The van der Waals surface area contributed by atoms with Crippen LogP contribution < -0.4 is 5.32 Å². The molecule has 0 bridgehead atoms. The Hall–Kier alpha value is -2.49. The zero-order valence-electron chi connectivity index (χ0n) is 12.6. The smallest absolute Gasteiger partial charge is 0.221 e. The molecule has 1 amide bonds. The van der Waals surface area contributed by atoms with Gasteiger partial charge >= 0.3 is 0 Å². The zero-order valence-corrected chi connectivity index (χ0v) is 12.6. The Bertz CT molecular complexity index is 667. The van der Waals surface area contributed by atoms with Crippen LogP contribution in [0.3, 0.4) is 0 Å². The van der Waals surface area contributed by atoms with E-state index in [0.29, 0.717) is 12.2 Å². The highest BCUT2D eigenvalue weighted by Crippen LogP contribution is 2.29. The van der Waals surface area contributed by atoms with Crippen molar-refractivity contribution in [2.45, 2.75) is 20.8 Å². The zero-order chi connectivity index (χ0) is 15.2. The lowest BCUT2D eigenvalue weighted by molar-refractivity contribution is -0.114. The van der Waals surface area contributed by atoms with E-state index in [9.17, 15) is 4.79 Å². The summed E-state index contributed by atoms with van der Waals surface area (Å²) in [6, 6.07) is 5.73. The average Bonchev–Trinajstić information content (AvgIpc) is 2.44. The second-order valence-electron chi connectivity index (χ2n) is 4.73. The lowest BCUT2D eigenvalue weighted by atomic mass is 10.1. The third-order valence-corrected chi connectivity index (χ3v) is 2.99. The van der Waals surface area contributed by atoms with Gasteiger partial charge in [-0.05, 0) is 37.6 Å². The molecule has 0 fully saturated rings. The summed E-state index contributed by atoms with van der Waals surface area (Å²) in [6.07, 6.45) is 7.75. The first-order valence-corrected chi connectivity index (χ1v) is 6.97. The molecule has 1 aromatic rings. The number of anilines is 1. The Labute approximate surface area is 125 Å². The summed E-state index contributed by atoms with van der Waals surface area (Å²) in [5.74, 6) is -0.108. The van der Waals surface area contributed by atoms with Gasteiger partial charge in [0.25, 0.3) is 0 Å². The highest BCUT2D eigenvalue weighted by molar-refractivity contribution is 6.51. The van der Waals surface area contributed by atoms with E-state index in [2.05, 4.69) is 10.3 Å². The van der Waals surface area contributed by atoms with Gasteiger partial charge in [-0.1, -0.05) is 24.3 Å². The fraction of sp³-hybridized carbons (Fsp3) is 0.235. The van der Waals surface area contributed by atoms with Crippen LogP contribution in [0.2, 0.25) is 0 Å². The monoisotopic (exact) mass is 281 g/mol. The van der Waals surface area contributed by atoms with Crippen LogP contribution in [0.1, 0.15) is 19.4 Å². The molecule has 0 aliphatic heterocycles. The maximum absolute atomic E-state index is 11.3. The fourth-order valence-corrected chi connectivity index (χ4v) is 2.08. The van der Waals surface area contributed by atoms with E-state index in [-0.39, 0.29) is 5.91 Å². The molecule has 1 N–H and O–H groups in total. The quantitative estimate of drug-likeness (QED) is 0.845. The van der Waals surface area contributed by atoms with Crippen molar-refractivity contribution < 1.29 is 4.79 Å². The Kier molecular flexibility index (Phi) is 4.82. The van der Waals surface area contributed by atoms with Crippen molar-refractivity contribution in [3.05, 3.63) is 48.1 Å². The standard InChI is InChI=1S/C17H19N3O/c1-4-18-14-9-5-6-10-15(14)20-17-12(2)8-7-11-16(17)19-13(3)21/h5-11H,4H2,1-3H3,(H,19,21). The molecule has 108 valence electrons. The predicted octanol–water partition coefficient (Wildman–Crippen LogP) is 3.61. The Morgan fingerprint density at radius 2 is 1.90 bits per heavy atom. The number of para-hydroxylation sites is 1. The number of nitrogens with one attached hydrogen (secondary N) is 1. The van der Waals surface area contributed by atoms with Crippen molar-refractivity contribution in [3.8, 4) is 0 Å². The van der Waals surface area contributed by atoms with E-state index >= 15 is 0 Å². The molecule has 21 heavy (non-hydrogen) atoms. The predicted molar refractivity (Wildman–Crippen MR) is 88.8 cm³/mol. The van der Waals surface area contributed by atoms with Crippen LogP contribution in [0, 0.1) is 6.92 Å². The number of nitrogens with zero attached hydrogens (tertiary/aromatic N) is 2. The maximum atomic E-state index is 11.3. The molecular weight excluding hydrogens is 262 g/mol. The van der Waals surface area contributed by atoms with Gasteiger partial charge in [0.2, 0.25) is 5.91 Å². The third kappa shape index (κ3) is 3.75. The third-order valence-electron chi connectivity index (χ3n) is 2.99. The fourth-order valence-electron chi connectivity index (χ4n) is 2.08. The second-order valence-corrected chi connectivity index (χ2v) is 4.73. The molecular formula is C17H19N3O. The van der Waals surface area contributed by atoms with Crippen LogP contribution in [0.25, 0.3) is 0 Å². The van der Waals surface area contributed by atoms with Crippen LogP contribution >= 0.6 is 0 Å². The minimum atomic E-state index is -0.108. The van der Waals surface area contributed by atoms with Crippen molar-refractivity contribution in [1.29, 1.82) is 0 Å². The molecule has 2 rings (SSSR count). The number of aliphatic imine (C=N–C) groups is 2. The summed E-state index contributed by atoms with van der Waals surface area (Å²) in [4.78, 5) is 20.5. The van der Waals surface area contributed by atoms with E-state index in [1.54, 1.807) is 0 Å². The first-order chi connectivity index (χ1) is 10.1. The molecule has 0 saturated heterocycles. The van der Waals surface area contributed by atoms with Crippen LogP contribution in [0.4, 0.5) is 11.4 Å². The second kappa shape index (κ2) is 6.79. The molecule has 1 aliphatic rings.